The Kier molecular flexibility index (Phi) is 10.6. The molecule has 0 saturated carbocycles. The summed E-state index contributed by atoms with van der Waals surface area (Å²) in [5.74, 6) is 8.42. The third kappa shape index (κ3) is 9.33. The van der Waals surface area contributed by atoms with Crippen LogP contribution in [-0.2, 0) is 0 Å². The summed E-state index contributed by atoms with van der Waals surface area (Å²) in [5.41, 5.74) is 1.88. The minimum Gasteiger partial charge on any atom is -0.297 e. The van der Waals surface area contributed by atoms with Crippen LogP contribution in [0.15, 0.2) is 77.0 Å². The summed E-state index contributed by atoms with van der Waals surface area (Å²) in [5, 5.41) is 0.668. The van der Waals surface area contributed by atoms with Gasteiger partial charge < -0.3 is 0 Å². The minimum absolute atomic E-state index is 0.604. The molecule has 0 radical (unpaired) electrons. The van der Waals surface area contributed by atoms with E-state index in [4.69, 9.17) is 6.42 Å². The smallest absolute Gasteiger partial charge is 0.167 e. The summed E-state index contributed by atoms with van der Waals surface area (Å²) in [4.78, 5) is 29.4. The first-order valence-electron chi connectivity index (χ1n) is 8.71. The zero-order chi connectivity index (χ0) is 22.3. The number of terminal acetylenes is 1. The van der Waals surface area contributed by atoms with Crippen molar-refractivity contribution in [1.82, 2.24) is 9.97 Å². The molecule has 0 aliphatic carbocycles. The Morgan fingerprint density at radius 2 is 1.32 bits per heavy atom. The first kappa shape index (κ1) is 23.9. The van der Waals surface area contributed by atoms with Crippen LogP contribution in [0.5, 0.6) is 0 Å². The lowest BCUT2D eigenvalue weighted by Crippen LogP contribution is -1.72. The van der Waals surface area contributed by atoms with Crippen molar-refractivity contribution < 1.29 is 9.59 Å². The maximum atomic E-state index is 10.4. The van der Waals surface area contributed by atoms with Gasteiger partial charge in [0.2, 0.25) is 0 Å². The Hall–Kier alpha value is -3.36. The predicted octanol–water partition coefficient (Wildman–Crippen LogP) is 5.74. The van der Waals surface area contributed by atoms with Crippen LogP contribution in [0.25, 0.3) is 0 Å². The van der Waals surface area contributed by atoms with Gasteiger partial charge in [-0.25, -0.2) is 9.97 Å². The van der Waals surface area contributed by atoms with Gasteiger partial charge in [-0.2, -0.15) is 0 Å². The monoisotopic (exact) mass is 506 g/mol. The molecule has 0 aliphatic rings. The van der Waals surface area contributed by atoms with Gasteiger partial charge in [-0.05, 0) is 46.1 Å². The van der Waals surface area contributed by atoms with E-state index in [1.807, 2.05) is 60.7 Å². The van der Waals surface area contributed by atoms with Crippen molar-refractivity contribution >= 4 is 51.2 Å². The fourth-order valence-corrected chi connectivity index (χ4v) is 3.60. The summed E-state index contributed by atoms with van der Waals surface area (Å²) >= 11 is 5.75. The molecule has 152 valence electrons. The number of hydrogen-bond donors (Lipinski definition) is 0. The van der Waals surface area contributed by atoms with E-state index < -0.39 is 0 Å². The maximum Gasteiger partial charge on any atom is 0.167 e. The third-order valence-corrected chi connectivity index (χ3v) is 5.52. The van der Waals surface area contributed by atoms with Crippen LogP contribution in [0.4, 0.5) is 0 Å². The second kappa shape index (κ2) is 13.8. The second-order valence-corrected chi connectivity index (χ2v) is 8.85. The Balaban J connectivity index is 0.000000181. The van der Waals surface area contributed by atoms with Crippen LogP contribution >= 0.6 is 38.6 Å². The van der Waals surface area contributed by atoms with Gasteiger partial charge in [0.05, 0.1) is 9.75 Å². The third-order valence-electron chi connectivity index (χ3n) is 3.28. The highest BCUT2D eigenvalue weighted by Gasteiger charge is 1.96. The summed E-state index contributed by atoms with van der Waals surface area (Å²) in [6, 6.07) is 19.3. The Labute approximate surface area is 197 Å². The number of aromatic nitrogens is 2. The molecule has 4 rings (SSSR count). The first-order chi connectivity index (χ1) is 15.1. The highest BCUT2D eigenvalue weighted by atomic mass is 79.9. The Bertz CT molecular complexity index is 1200. The van der Waals surface area contributed by atoms with Gasteiger partial charge in [0.1, 0.15) is 0 Å². The Morgan fingerprint density at radius 3 is 1.74 bits per heavy atom. The van der Waals surface area contributed by atoms with Crippen molar-refractivity contribution in [2.75, 3.05) is 0 Å². The first-order valence-corrected chi connectivity index (χ1v) is 11.1. The lowest BCUT2D eigenvalue weighted by molar-refractivity contribution is 0.111. The summed E-state index contributed by atoms with van der Waals surface area (Å²) < 4.78 is 0.750. The van der Waals surface area contributed by atoms with E-state index in [0.717, 1.165) is 27.6 Å². The number of rotatable bonds is 2. The molecule has 31 heavy (non-hydrogen) atoms. The highest BCUT2D eigenvalue weighted by Crippen LogP contribution is 2.15. The van der Waals surface area contributed by atoms with Crippen molar-refractivity contribution in [3.05, 3.63) is 103 Å². The molecule has 0 saturated heterocycles. The molecule has 0 unspecified atom stereocenters. The van der Waals surface area contributed by atoms with E-state index >= 15 is 0 Å². The topological polar surface area (TPSA) is 59.9 Å². The summed E-state index contributed by atoms with van der Waals surface area (Å²) in [6.45, 7) is 0. The fourth-order valence-electron chi connectivity index (χ4n) is 1.90. The molecule has 0 fully saturated rings. The van der Waals surface area contributed by atoms with Crippen LogP contribution in [0.3, 0.4) is 0 Å². The number of hydrogen-bond acceptors (Lipinski definition) is 6. The van der Waals surface area contributed by atoms with E-state index in [-0.39, 0.29) is 0 Å². The lowest BCUT2D eigenvalue weighted by atomic mass is 10.2. The van der Waals surface area contributed by atoms with Crippen molar-refractivity contribution in [1.29, 1.82) is 0 Å². The molecule has 4 aromatic rings. The van der Waals surface area contributed by atoms with Crippen LogP contribution in [0.2, 0.25) is 0 Å². The number of halogens is 1. The van der Waals surface area contributed by atoms with E-state index in [2.05, 4.69) is 43.7 Å². The Morgan fingerprint density at radius 1 is 0.774 bits per heavy atom. The average Bonchev–Trinajstić information content (AvgIpc) is 3.48. The summed E-state index contributed by atoms with van der Waals surface area (Å²) in [7, 11) is 0. The average molecular weight is 507 g/mol. The number of carbonyl (C=O) groups is 2. The van der Waals surface area contributed by atoms with Crippen LogP contribution < -0.4 is 0 Å². The van der Waals surface area contributed by atoms with Crippen LogP contribution in [-0.4, -0.2) is 22.5 Å². The van der Waals surface area contributed by atoms with E-state index in [1.165, 1.54) is 35.1 Å². The molecule has 0 N–H and O–H groups in total. The SMILES string of the molecule is C#Cc1ccccc1.O=Cc1cnc(Br)s1.O=Cc1cnc(C#Cc2ccccc2)s1. The molecule has 4 nitrogen and oxygen atoms in total. The van der Waals surface area contributed by atoms with Gasteiger partial charge in [-0.15, -0.1) is 29.1 Å². The lowest BCUT2D eigenvalue weighted by Gasteiger charge is -1.84. The van der Waals surface area contributed by atoms with Crippen LogP contribution in [0.1, 0.15) is 35.5 Å². The van der Waals surface area contributed by atoms with Crippen molar-refractivity contribution in [2.45, 2.75) is 0 Å². The molecule has 0 atom stereocenters. The van der Waals surface area contributed by atoms with Gasteiger partial charge in [-0.3, -0.25) is 9.59 Å². The molecule has 7 heteroatoms. The largest absolute Gasteiger partial charge is 0.297 e. The molecular formula is C24H15BrN2O2S2. The second-order valence-electron chi connectivity index (χ2n) is 5.45. The van der Waals surface area contributed by atoms with Gasteiger partial charge in [-0.1, -0.05) is 48.2 Å². The molecule has 0 spiro atoms. The number of aldehydes is 2. The predicted molar refractivity (Wildman–Crippen MR) is 130 cm³/mol. The molecule has 2 heterocycles. The zero-order valence-corrected chi connectivity index (χ0v) is 19.3. The maximum absolute atomic E-state index is 10.4. The quantitative estimate of drug-likeness (QED) is 0.257. The normalized spacial score (nSPS) is 8.77. The van der Waals surface area contributed by atoms with Crippen molar-refractivity contribution in [2.24, 2.45) is 0 Å². The van der Waals surface area contributed by atoms with E-state index in [0.29, 0.717) is 14.8 Å². The molecule has 0 amide bonds. The van der Waals surface area contributed by atoms with E-state index in [9.17, 15) is 9.59 Å². The molecule has 2 aromatic carbocycles. The van der Waals surface area contributed by atoms with Crippen LogP contribution in [0, 0.1) is 24.2 Å². The van der Waals surface area contributed by atoms with Gasteiger partial charge in [0, 0.05) is 23.5 Å². The van der Waals surface area contributed by atoms with E-state index in [1.54, 1.807) is 0 Å². The highest BCUT2D eigenvalue weighted by molar-refractivity contribution is 9.11. The number of carbonyl (C=O) groups excluding carboxylic acids is 2. The molecule has 2 aromatic heterocycles. The molecule has 0 aliphatic heterocycles. The van der Waals surface area contributed by atoms with Gasteiger partial charge in [0.15, 0.2) is 21.5 Å². The standard InChI is InChI=1S/C12H7NOS.C8H6.C4H2BrNOS/c14-9-11-8-13-12(15-11)7-6-10-4-2-1-3-5-10;1-2-8-6-4-3-5-7-8;5-4-6-1-3(2-7)8-4/h1-5,8-9H;1,3-7H;1-2H. The van der Waals surface area contributed by atoms with Gasteiger partial charge in [0.25, 0.3) is 0 Å². The number of thiazole rings is 2. The van der Waals surface area contributed by atoms with Gasteiger partial charge >= 0.3 is 0 Å². The van der Waals surface area contributed by atoms with Crippen molar-refractivity contribution in [3.63, 3.8) is 0 Å². The minimum atomic E-state index is 0.604. The number of benzene rings is 2. The molecule has 0 bridgehead atoms. The fraction of sp³-hybridized carbons (Fsp3) is 0. The zero-order valence-electron chi connectivity index (χ0n) is 16.1. The number of nitrogens with zero attached hydrogens (tertiary/aromatic N) is 2. The molecular weight excluding hydrogens is 492 g/mol. The summed E-state index contributed by atoms with van der Waals surface area (Å²) in [6.07, 6.45) is 9.73. The van der Waals surface area contributed by atoms with Crippen molar-refractivity contribution in [3.8, 4) is 24.2 Å².